The van der Waals surface area contributed by atoms with Crippen LogP contribution in [-0.4, -0.2) is 38.9 Å². The fourth-order valence-corrected chi connectivity index (χ4v) is 2.36. The van der Waals surface area contributed by atoms with Gasteiger partial charge < -0.3 is 9.47 Å². The van der Waals surface area contributed by atoms with Gasteiger partial charge in [0.2, 0.25) is 0 Å². The van der Waals surface area contributed by atoms with Gasteiger partial charge in [-0.2, -0.15) is 0 Å². The zero-order valence-electron chi connectivity index (χ0n) is 12.2. The van der Waals surface area contributed by atoms with E-state index >= 15 is 0 Å². The second-order valence-corrected chi connectivity index (χ2v) is 8.17. The molecule has 0 radical (unpaired) electrons. The van der Waals surface area contributed by atoms with Crippen LogP contribution in [0.15, 0.2) is 18.2 Å². The first kappa shape index (κ1) is 16.5. The fraction of sp³-hybridized carbons (Fsp3) is 0.500. The molecule has 112 valence electrons. The third-order valence-electron chi connectivity index (χ3n) is 2.87. The van der Waals surface area contributed by atoms with E-state index in [1.54, 1.807) is 32.9 Å². The lowest BCUT2D eigenvalue weighted by Crippen LogP contribution is -2.32. The molecule has 0 fully saturated rings. The Morgan fingerprint density at radius 3 is 2.35 bits per heavy atom. The molecule has 5 nitrogen and oxygen atoms in total. The summed E-state index contributed by atoms with van der Waals surface area (Å²) < 4.78 is 33.6. The van der Waals surface area contributed by atoms with Crippen molar-refractivity contribution in [2.75, 3.05) is 19.5 Å². The van der Waals surface area contributed by atoms with Crippen LogP contribution in [0.5, 0.6) is 11.5 Å². The van der Waals surface area contributed by atoms with Crippen LogP contribution in [0.25, 0.3) is 0 Å². The molecule has 0 unspecified atom stereocenters. The highest BCUT2D eigenvalue weighted by molar-refractivity contribution is 7.92. The van der Waals surface area contributed by atoms with Crippen molar-refractivity contribution in [3.8, 4) is 11.5 Å². The second kappa shape index (κ2) is 6.26. The van der Waals surface area contributed by atoms with E-state index in [-0.39, 0.29) is 12.4 Å². The molecule has 6 heteroatoms. The highest BCUT2D eigenvalue weighted by Crippen LogP contribution is 2.27. The van der Waals surface area contributed by atoms with Crippen molar-refractivity contribution in [3.63, 3.8) is 0 Å². The number of aldehydes is 1. The van der Waals surface area contributed by atoms with Gasteiger partial charge in [-0.1, -0.05) is 0 Å². The molecule has 0 aliphatic carbocycles. The van der Waals surface area contributed by atoms with Crippen molar-refractivity contribution in [2.45, 2.75) is 25.5 Å². The Labute approximate surface area is 119 Å². The predicted octanol–water partition coefficient (Wildman–Crippen LogP) is 2.10. The highest BCUT2D eigenvalue weighted by atomic mass is 32.2. The van der Waals surface area contributed by atoms with Crippen molar-refractivity contribution in [3.05, 3.63) is 23.8 Å². The first-order valence-electron chi connectivity index (χ1n) is 6.19. The van der Waals surface area contributed by atoms with Gasteiger partial charge in [-0.05, 0) is 39.0 Å². The van der Waals surface area contributed by atoms with Crippen LogP contribution >= 0.6 is 0 Å². The largest absolute Gasteiger partial charge is 0.493 e. The van der Waals surface area contributed by atoms with Gasteiger partial charge in [0, 0.05) is 5.56 Å². The highest BCUT2D eigenvalue weighted by Gasteiger charge is 2.28. The molecule has 0 saturated carbocycles. The second-order valence-electron chi connectivity index (χ2n) is 5.31. The fourth-order valence-electron chi connectivity index (χ4n) is 1.45. The zero-order chi connectivity index (χ0) is 15.4. The third-order valence-corrected chi connectivity index (χ3v) is 5.44. The molecule has 1 aromatic rings. The van der Waals surface area contributed by atoms with Crippen LogP contribution in [-0.2, 0) is 9.84 Å². The van der Waals surface area contributed by atoms with Crippen LogP contribution in [0.4, 0.5) is 0 Å². The van der Waals surface area contributed by atoms with Gasteiger partial charge in [0.1, 0.15) is 12.9 Å². The molecule has 0 aromatic heterocycles. The summed E-state index contributed by atoms with van der Waals surface area (Å²) in [6.07, 6.45) is 0.693. The first-order valence-corrected chi connectivity index (χ1v) is 7.85. The van der Waals surface area contributed by atoms with Crippen LogP contribution in [0, 0.1) is 0 Å². The molecule has 0 spiro atoms. The number of sulfone groups is 1. The number of carbonyl (C=O) groups is 1. The van der Waals surface area contributed by atoms with Gasteiger partial charge in [0.05, 0.1) is 17.6 Å². The predicted molar refractivity (Wildman–Crippen MR) is 77.4 cm³/mol. The van der Waals surface area contributed by atoms with Crippen LogP contribution in [0.2, 0.25) is 0 Å². The Morgan fingerprint density at radius 2 is 1.85 bits per heavy atom. The van der Waals surface area contributed by atoms with Gasteiger partial charge in [0.25, 0.3) is 0 Å². The summed E-state index contributed by atoms with van der Waals surface area (Å²) in [5, 5.41) is 0. The van der Waals surface area contributed by atoms with Gasteiger partial charge in [-0.15, -0.1) is 0 Å². The van der Waals surface area contributed by atoms with Gasteiger partial charge >= 0.3 is 0 Å². The lowest BCUT2D eigenvalue weighted by molar-refractivity contribution is 0.112. The maximum atomic E-state index is 12.0. The summed E-state index contributed by atoms with van der Waals surface area (Å²) in [7, 11) is -1.76. The summed E-state index contributed by atoms with van der Waals surface area (Å²) in [6, 6.07) is 4.73. The van der Waals surface area contributed by atoms with Gasteiger partial charge in [-0.25, -0.2) is 8.42 Å². The molecule has 0 saturated heterocycles. The molecular formula is C14H20O5S. The minimum atomic E-state index is -3.24. The third kappa shape index (κ3) is 3.96. The van der Waals surface area contributed by atoms with Gasteiger partial charge in [-0.3, -0.25) is 4.79 Å². The standard InChI is InChI=1S/C14H20O5S/c1-14(2,3)20(16,17)8-7-19-13-9-11(10-15)5-6-12(13)18-4/h5-6,9-10H,7-8H2,1-4H3. The van der Waals surface area contributed by atoms with E-state index in [0.29, 0.717) is 23.3 Å². The normalized spacial score (nSPS) is 12.0. The average Bonchev–Trinajstić information content (AvgIpc) is 2.37. The topological polar surface area (TPSA) is 69.7 Å². The molecule has 0 N–H and O–H groups in total. The average molecular weight is 300 g/mol. The van der Waals surface area contributed by atoms with E-state index < -0.39 is 14.6 Å². The lowest BCUT2D eigenvalue weighted by atomic mass is 10.2. The summed E-state index contributed by atoms with van der Waals surface area (Å²) in [5.74, 6) is 0.732. The van der Waals surface area contributed by atoms with Crippen molar-refractivity contribution >= 4 is 16.1 Å². The summed E-state index contributed by atoms with van der Waals surface area (Å²) in [4.78, 5) is 10.7. The number of carbonyl (C=O) groups excluding carboxylic acids is 1. The Bertz CT molecular complexity index is 570. The van der Waals surface area contributed by atoms with E-state index in [0.717, 1.165) is 0 Å². The van der Waals surface area contributed by atoms with Crippen molar-refractivity contribution in [1.29, 1.82) is 0 Å². The number of ether oxygens (including phenoxy) is 2. The molecule has 1 aromatic carbocycles. The minimum absolute atomic E-state index is 0.0122. The molecule has 0 aliphatic heterocycles. The van der Waals surface area contributed by atoms with E-state index in [9.17, 15) is 13.2 Å². The number of benzene rings is 1. The van der Waals surface area contributed by atoms with Crippen LogP contribution in [0.1, 0.15) is 31.1 Å². The maximum Gasteiger partial charge on any atom is 0.161 e. The number of hydrogen-bond acceptors (Lipinski definition) is 5. The summed E-state index contributed by atoms with van der Waals surface area (Å²) >= 11 is 0. The van der Waals surface area contributed by atoms with Crippen molar-refractivity contribution < 1.29 is 22.7 Å². The smallest absolute Gasteiger partial charge is 0.161 e. The Balaban J connectivity index is 2.78. The van der Waals surface area contributed by atoms with E-state index in [4.69, 9.17) is 9.47 Å². The minimum Gasteiger partial charge on any atom is -0.493 e. The Hall–Kier alpha value is -1.56. The van der Waals surface area contributed by atoms with E-state index in [2.05, 4.69) is 0 Å². The number of methoxy groups -OCH3 is 1. The monoisotopic (exact) mass is 300 g/mol. The Morgan fingerprint density at radius 1 is 1.20 bits per heavy atom. The molecule has 20 heavy (non-hydrogen) atoms. The molecule has 0 atom stereocenters. The molecule has 0 aliphatic rings. The molecular weight excluding hydrogens is 280 g/mol. The molecule has 0 bridgehead atoms. The van der Waals surface area contributed by atoms with E-state index in [1.807, 2.05) is 0 Å². The summed E-state index contributed by atoms with van der Waals surface area (Å²) in [5.41, 5.74) is 0.444. The SMILES string of the molecule is COc1ccc(C=O)cc1OCCS(=O)(=O)C(C)(C)C. The quantitative estimate of drug-likeness (QED) is 0.752. The van der Waals surface area contributed by atoms with E-state index in [1.165, 1.54) is 13.2 Å². The zero-order valence-corrected chi connectivity index (χ0v) is 13.0. The first-order chi connectivity index (χ1) is 9.21. The summed E-state index contributed by atoms with van der Waals surface area (Å²) in [6.45, 7) is 4.96. The maximum absolute atomic E-state index is 12.0. The van der Waals surface area contributed by atoms with Crippen LogP contribution in [0.3, 0.4) is 0 Å². The Kier molecular flexibility index (Phi) is 5.16. The molecule has 0 amide bonds. The molecule has 1 rings (SSSR count). The van der Waals surface area contributed by atoms with Crippen molar-refractivity contribution in [1.82, 2.24) is 0 Å². The molecule has 0 heterocycles. The number of hydrogen-bond donors (Lipinski definition) is 0. The lowest BCUT2D eigenvalue weighted by Gasteiger charge is -2.19. The van der Waals surface area contributed by atoms with Crippen molar-refractivity contribution in [2.24, 2.45) is 0 Å². The number of rotatable bonds is 6. The van der Waals surface area contributed by atoms with Crippen LogP contribution < -0.4 is 9.47 Å². The van der Waals surface area contributed by atoms with Gasteiger partial charge in [0.15, 0.2) is 21.3 Å².